The molecule has 5 atom stereocenters. The summed E-state index contributed by atoms with van der Waals surface area (Å²) in [6.45, 7) is 1.93. The summed E-state index contributed by atoms with van der Waals surface area (Å²) in [4.78, 5) is 2.46. The van der Waals surface area contributed by atoms with Crippen LogP contribution in [0.25, 0.3) is 0 Å². The third-order valence-corrected chi connectivity index (χ3v) is 7.69. The number of benzene rings is 1. The normalized spacial score (nSPS) is 44.3. The van der Waals surface area contributed by atoms with Crippen LogP contribution in [0.4, 0.5) is 4.39 Å². The molecule has 4 nitrogen and oxygen atoms in total. The van der Waals surface area contributed by atoms with Crippen molar-refractivity contribution in [2.75, 3.05) is 13.1 Å². The van der Waals surface area contributed by atoms with Gasteiger partial charge in [0, 0.05) is 18.2 Å². The zero-order valence-corrected chi connectivity index (χ0v) is 14.2. The molecular weight excluding hydrogens is 320 g/mol. The Hall–Kier alpha value is -1.33. The summed E-state index contributed by atoms with van der Waals surface area (Å²) in [6.07, 6.45) is 3.11. The molecule has 1 aromatic carbocycles. The summed E-state index contributed by atoms with van der Waals surface area (Å²) < 4.78 is 20.9. The number of alkyl halides is 1. The van der Waals surface area contributed by atoms with Gasteiger partial charge in [0.1, 0.15) is 12.3 Å². The van der Waals surface area contributed by atoms with Crippen LogP contribution in [0.2, 0.25) is 0 Å². The lowest BCUT2D eigenvalue weighted by Gasteiger charge is -2.63. The largest absolute Gasteiger partial charge is 0.504 e. The Morgan fingerprint density at radius 3 is 2.88 bits per heavy atom. The summed E-state index contributed by atoms with van der Waals surface area (Å²) in [7, 11) is 0. The van der Waals surface area contributed by atoms with E-state index >= 15 is 0 Å². The molecule has 5 aliphatic rings. The zero-order chi connectivity index (χ0) is 17.0. The van der Waals surface area contributed by atoms with Gasteiger partial charge in [0.05, 0.1) is 11.0 Å². The minimum Gasteiger partial charge on any atom is -0.504 e. The summed E-state index contributed by atoms with van der Waals surface area (Å²) in [5.74, 6) is 1.28. The number of phenols is 1. The van der Waals surface area contributed by atoms with E-state index in [0.717, 1.165) is 36.6 Å². The first-order chi connectivity index (χ1) is 12.0. The van der Waals surface area contributed by atoms with Crippen molar-refractivity contribution in [3.63, 3.8) is 0 Å². The Morgan fingerprint density at radius 1 is 1.24 bits per heavy atom. The van der Waals surface area contributed by atoms with Crippen molar-refractivity contribution in [3.8, 4) is 11.5 Å². The summed E-state index contributed by atoms with van der Waals surface area (Å²) in [5, 5.41) is 22.3. The van der Waals surface area contributed by atoms with Crippen LogP contribution in [0.3, 0.4) is 0 Å². The van der Waals surface area contributed by atoms with Crippen molar-refractivity contribution in [3.05, 3.63) is 23.3 Å². The number of nitrogens with zero attached hydrogens (tertiary/aromatic N) is 1. The van der Waals surface area contributed by atoms with E-state index in [2.05, 4.69) is 4.90 Å². The van der Waals surface area contributed by atoms with Crippen LogP contribution in [0.1, 0.15) is 43.2 Å². The monoisotopic (exact) mass is 344 g/mol. The standard InChI is InChI=1S/C20H24FNO3/c21-13-5-6-20(24)15-9-12-3-4-14(23)17-16(12)19(20,18(13)25-17)7-8-22(15)10-11-1-2-11/h3-4,11,13,15,18,23-24H,1-2,5-10H2/t13-,15-,18+,19+,20-/m1/s1/i21-1. The van der Waals surface area contributed by atoms with Gasteiger partial charge in [0.2, 0.25) is 0 Å². The van der Waals surface area contributed by atoms with Gasteiger partial charge in [-0.25, -0.2) is 4.39 Å². The third-order valence-electron chi connectivity index (χ3n) is 7.69. The van der Waals surface area contributed by atoms with Gasteiger partial charge in [0.15, 0.2) is 11.5 Å². The van der Waals surface area contributed by atoms with E-state index in [4.69, 9.17) is 4.74 Å². The topological polar surface area (TPSA) is 52.9 Å². The quantitative estimate of drug-likeness (QED) is 0.864. The van der Waals surface area contributed by atoms with E-state index in [1.807, 2.05) is 6.07 Å². The molecule has 2 N–H and O–H groups in total. The number of hydrogen-bond donors (Lipinski definition) is 2. The van der Waals surface area contributed by atoms with Gasteiger partial charge < -0.3 is 14.9 Å². The van der Waals surface area contributed by atoms with Crippen LogP contribution in [0.5, 0.6) is 11.5 Å². The molecule has 1 saturated heterocycles. The van der Waals surface area contributed by atoms with E-state index in [1.165, 1.54) is 12.8 Å². The molecule has 1 aromatic rings. The number of piperidine rings is 1. The Balaban J connectivity index is 1.57. The predicted octanol–water partition coefficient (Wildman–Crippen LogP) is 2.29. The van der Waals surface area contributed by atoms with E-state index in [-0.39, 0.29) is 11.8 Å². The number of rotatable bonds is 2. The summed E-state index contributed by atoms with van der Waals surface area (Å²) in [5.41, 5.74) is 0.375. The fourth-order valence-corrected chi connectivity index (χ4v) is 6.42. The number of ether oxygens (including phenoxy) is 1. The molecule has 2 saturated carbocycles. The molecule has 3 fully saturated rings. The second-order valence-electron chi connectivity index (χ2n) is 8.84. The van der Waals surface area contributed by atoms with Crippen molar-refractivity contribution in [2.45, 2.75) is 67.9 Å². The third kappa shape index (κ3) is 1.61. The molecular formula is C20H24FNO3. The van der Waals surface area contributed by atoms with E-state index in [1.54, 1.807) is 6.07 Å². The predicted molar refractivity (Wildman–Crippen MR) is 89.7 cm³/mol. The number of likely N-dealkylation sites (tertiary alicyclic amines) is 1. The molecule has 0 aromatic heterocycles. The Kier molecular flexibility index (Phi) is 2.66. The van der Waals surface area contributed by atoms with Gasteiger partial charge in [-0.15, -0.1) is 0 Å². The molecule has 3 aliphatic carbocycles. The molecule has 2 bridgehead atoms. The van der Waals surface area contributed by atoms with Crippen LogP contribution in [0, 0.1) is 5.92 Å². The maximum absolute atomic E-state index is 14.9. The zero-order valence-electron chi connectivity index (χ0n) is 14.2. The molecule has 5 heteroatoms. The number of aromatic hydroxyl groups is 1. The van der Waals surface area contributed by atoms with Crippen LogP contribution < -0.4 is 4.74 Å². The SMILES string of the molecule is Oc1ccc2c3c1O[C@H]1[C@H]([18F])CC[C@@]4(O)[C@@H](C2)N(CC2CC2)CC[C@]314. The lowest BCUT2D eigenvalue weighted by atomic mass is 9.49. The maximum atomic E-state index is 14.9. The van der Waals surface area contributed by atoms with Crippen LogP contribution in [0.15, 0.2) is 12.1 Å². The number of halogens is 1. The summed E-state index contributed by atoms with van der Waals surface area (Å²) in [6, 6.07) is 3.65. The Labute approximate surface area is 146 Å². The molecule has 6 rings (SSSR count). The Morgan fingerprint density at radius 2 is 2.08 bits per heavy atom. The summed E-state index contributed by atoms with van der Waals surface area (Å²) >= 11 is 0. The molecule has 2 aliphatic heterocycles. The lowest BCUT2D eigenvalue weighted by molar-refractivity contribution is -0.199. The van der Waals surface area contributed by atoms with Crippen molar-refractivity contribution >= 4 is 0 Å². The van der Waals surface area contributed by atoms with E-state index < -0.39 is 23.3 Å². The highest BCUT2D eigenvalue weighted by molar-refractivity contribution is 5.62. The van der Waals surface area contributed by atoms with Gasteiger partial charge in [-0.1, -0.05) is 6.07 Å². The minimum absolute atomic E-state index is 0.0310. The Bertz CT molecular complexity index is 766. The maximum Gasteiger partial charge on any atom is 0.165 e. The fraction of sp³-hybridized carbons (Fsp3) is 0.700. The van der Waals surface area contributed by atoms with Gasteiger partial charge in [-0.2, -0.15) is 0 Å². The smallest absolute Gasteiger partial charge is 0.165 e. The molecule has 134 valence electrons. The lowest BCUT2D eigenvalue weighted by Crippen LogP contribution is -2.76. The minimum atomic E-state index is -1.09. The molecule has 1 spiro atoms. The number of phenolic OH excluding ortho intramolecular Hbond substituents is 1. The first kappa shape index (κ1) is 14.8. The van der Waals surface area contributed by atoms with E-state index in [9.17, 15) is 14.6 Å². The van der Waals surface area contributed by atoms with Gasteiger partial charge >= 0.3 is 0 Å². The highest BCUT2D eigenvalue weighted by Crippen LogP contribution is 2.65. The molecule has 0 unspecified atom stereocenters. The molecule has 2 heterocycles. The van der Waals surface area contributed by atoms with Crippen LogP contribution >= 0.6 is 0 Å². The van der Waals surface area contributed by atoms with Gasteiger partial charge in [-0.3, -0.25) is 4.90 Å². The van der Waals surface area contributed by atoms with Crippen molar-refractivity contribution < 1.29 is 19.3 Å². The molecule has 0 radical (unpaired) electrons. The highest BCUT2D eigenvalue weighted by atomic mass is 18.2. The number of hydrogen-bond acceptors (Lipinski definition) is 4. The molecule has 0 amide bonds. The highest BCUT2D eigenvalue weighted by Gasteiger charge is 2.73. The first-order valence-electron chi connectivity index (χ1n) is 9.67. The average molecular weight is 344 g/mol. The number of aliphatic hydroxyl groups is 1. The fourth-order valence-electron chi connectivity index (χ4n) is 6.42. The van der Waals surface area contributed by atoms with Crippen LogP contribution in [-0.4, -0.2) is 52.1 Å². The van der Waals surface area contributed by atoms with Gasteiger partial charge in [0.25, 0.3) is 0 Å². The van der Waals surface area contributed by atoms with Gasteiger partial charge in [-0.05, 0) is 62.6 Å². The first-order valence-corrected chi connectivity index (χ1v) is 9.67. The van der Waals surface area contributed by atoms with Crippen LogP contribution in [-0.2, 0) is 11.8 Å². The molecule has 25 heavy (non-hydrogen) atoms. The average Bonchev–Trinajstić information content (AvgIpc) is 3.32. The van der Waals surface area contributed by atoms with Crippen molar-refractivity contribution in [1.82, 2.24) is 4.90 Å². The van der Waals surface area contributed by atoms with E-state index in [0.29, 0.717) is 25.0 Å². The van der Waals surface area contributed by atoms with Crippen molar-refractivity contribution in [2.24, 2.45) is 5.92 Å². The van der Waals surface area contributed by atoms with Crippen molar-refractivity contribution in [1.29, 1.82) is 0 Å². The second kappa shape index (κ2) is 4.49. The second-order valence-corrected chi connectivity index (χ2v) is 8.84.